The van der Waals surface area contributed by atoms with Crippen molar-refractivity contribution in [2.75, 3.05) is 11.5 Å². The van der Waals surface area contributed by atoms with E-state index in [1.165, 1.54) is 13.8 Å². The summed E-state index contributed by atoms with van der Waals surface area (Å²) in [5.41, 5.74) is 2.05. The van der Waals surface area contributed by atoms with Crippen LogP contribution in [0.3, 0.4) is 0 Å². The number of carboxylic acids is 2. The van der Waals surface area contributed by atoms with Gasteiger partial charge in [-0.2, -0.15) is 14.1 Å². The minimum atomic E-state index is -1.83. The van der Waals surface area contributed by atoms with Gasteiger partial charge in [-0.1, -0.05) is 10.3 Å². The third-order valence-corrected chi connectivity index (χ3v) is 7.67. The van der Waals surface area contributed by atoms with Crippen LogP contribution in [0, 0.1) is 0 Å². The molecule has 19 nitrogen and oxygen atoms in total. The Bertz CT molecular complexity index is 1650. The average molecular weight is 639 g/mol. The molecule has 0 unspecified atom stereocenters. The largest absolute Gasteiger partial charge is 0.503 e. The number of anilines is 1. The smallest absolute Gasteiger partial charge is 0.353 e. The maximum atomic E-state index is 13.1. The van der Waals surface area contributed by atoms with Gasteiger partial charge in [-0.05, 0) is 13.8 Å². The molecule has 2 amide bonds. The highest BCUT2D eigenvalue weighted by molar-refractivity contribution is 8.00. The number of rotatable bonds is 11. The number of aliphatic carboxylic acids is 2. The molecule has 228 valence electrons. The number of carbonyl (C=O) groups is 4. The maximum absolute atomic E-state index is 13.1. The van der Waals surface area contributed by atoms with Crippen molar-refractivity contribution >= 4 is 64.1 Å². The van der Waals surface area contributed by atoms with Gasteiger partial charge in [0.1, 0.15) is 22.8 Å². The number of fused-ring (bicyclic) bond motifs is 1. The normalized spacial score (nSPS) is 18.7. The van der Waals surface area contributed by atoms with Crippen LogP contribution in [0.5, 0.6) is 5.75 Å². The third-order valence-electron chi connectivity index (χ3n) is 5.82. The fourth-order valence-corrected chi connectivity index (χ4v) is 5.26. The number of hydrogen-bond acceptors (Lipinski definition) is 16. The van der Waals surface area contributed by atoms with Crippen LogP contribution in [-0.4, -0.2) is 98.0 Å². The van der Waals surface area contributed by atoms with E-state index in [9.17, 15) is 44.5 Å². The second-order valence-electron chi connectivity index (χ2n) is 9.21. The second-order valence-corrected chi connectivity index (χ2v) is 11.1. The van der Waals surface area contributed by atoms with Crippen LogP contribution in [0.2, 0.25) is 0 Å². The predicted octanol–water partition coefficient (Wildman–Crippen LogP) is -1.25. The molecule has 2 aliphatic rings. The van der Waals surface area contributed by atoms with Crippen LogP contribution in [0.25, 0.3) is 0 Å². The summed E-state index contributed by atoms with van der Waals surface area (Å²) < 4.78 is 4.34. The van der Waals surface area contributed by atoms with Crippen LogP contribution in [0.4, 0.5) is 5.13 Å². The first-order valence-corrected chi connectivity index (χ1v) is 13.6. The van der Waals surface area contributed by atoms with Crippen molar-refractivity contribution in [2.24, 2.45) is 10.3 Å². The van der Waals surface area contributed by atoms with Crippen molar-refractivity contribution in [3.63, 3.8) is 0 Å². The van der Waals surface area contributed by atoms with Crippen LogP contribution >= 0.6 is 23.3 Å². The van der Waals surface area contributed by atoms with Crippen LogP contribution in [0.15, 0.2) is 38.6 Å². The predicted molar refractivity (Wildman–Crippen MR) is 146 cm³/mol. The first kappa shape index (κ1) is 30.8. The molecule has 0 aliphatic carbocycles. The third kappa shape index (κ3) is 6.35. The topological polar surface area (TPSA) is 281 Å². The second kappa shape index (κ2) is 12.0. The molecule has 7 N–H and O–H groups in total. The Labute approximate surface area is 248 Å². The summed E-state index contributed by atoms with van der Waals surface area (Å²) >= 11 is 1.83. The molecule has 2 aliphatic heterocycles. The zero-order chi connectivity index (χ0) is 31.6. The van der Waals surface area contributed by atoms with E-state index < -0.39 is 70.0 Å². The SMILES string of the molecule is CC(C)(O/N=C(\C(=O)N[C@@H]1C(=O)N2C(C(=O)O)=C(C=NOCc3cc(=O)c(O)cn3O)CS[C@H]12)c1nsc(N)n1)C(=O)O. The lowest BCUT2D eigenvalue weighted by molar-refractivity contribution is -0.161. The van der Waals surface area contributed by atoms with E-state index in [4.69, 9.17) is 15.4 Å². The number of nitrogens with one attached hydrogen (secondary N) is 1. The number of β-lactam (4-membered cyclic amide) rings is 1. The quantitative estimate of drug-likeness (QED) is 0.0725. The highest BCUT2D eigenvalue weighted by atomic mass is 32.2. The van der Waals surface area contributed by atoms with Crippen LogP contribution < -0.4 is 16.5 Å². The van der Waals surface area contributed by atoms with Crippen molar-refractivity contribution in [1.82, 2.24) is 24.3 Å². The number of oxime groups is 2. The van der Waals surface area contributed by atoms with Gasteiger partial charge in [0.25, 0.3) is 11.8 Å². The zero-order valence-corrected chi connectivity index (χ0v) is 23.7. The number of thioether (sulfide) groups is 1. The molecule has 0 saturated carbocycles. The molecule has 4 heterocycles. The molecule has 2 aromatic rings. The number of nitrogen functional groups attached to an aromatic ring is 1. The van der Waals surface area contributed by atoms with Crippen LogP contribution in [0.1, 0.15) is 25.4 Å². The molecular formula is C22H22N8O11S2. The summed E-state index contributed by atoms with van der Waals surface area (Å²) in [7, 11) is 0. The van der Waals surface area contributed by atoms with Gasteiger partial charge >= 0.3 is 11.9 Å². The summed E-state index contributed by atoms with van der Waals surface area (Å²) in [6.07, 6.45) is 1.82. The lowest BCUT2D eigenvalue weighted by atomic mass is 10.0. The highest BCUT2D eigenvalue weighted by Crippen LogP contribution is 2.40. The van der Waals surface area contributed by atoms with E-state index in [0.29, 0.717) is 4.73 Å². The summed E-state index contributed by atoms with van der Waals surface area (Å²) in [6.45, 7) is 1.96. The summed E-state index contributed by atoms with van der Waals surface area (Å²) in [4.78, 5) is 76.0. The number of carboxylic acid groups (broad SMARTS) is 2. The number of nitrogens with two attached hydrogens (primary N) is 1. The average Bonchev–Trinajstić information content (AvgIpc) is 3.37. The van der Waals surface area contributed by atoms with Gasteiger partial charge in [0.2, 0.25) is 22.6 Å². The molecule has 43 heavy (non-hydrogen) atoms. The fourth-order valence-electron chi connectivity index (χ4n) is 3.53. The van der Waals surface area contributed by atoms with Crippen molar-refractivity contribution in [1.29, 1.82) is 0 Å². The Balaban J connectivity index is 1.49. The maximum Gasteiger partial charge on any atom is 0.353 e. The molecule has 2 atom stereocenters. The first-order valence-electron chi connectivity index (χ1n) is 11.8. The van der Waals surface area contributed by atoms with E-state index in [1.54, 1.807) is 0 Å². The number of carbonyl (C=O) groups excluding carboxylic acids is 2. The molecule has 0 spiro atoms. The van der Waals surface area contributed by atoms with Gasteiger partial charge in [0.15, 0.2) is 17.5 Å². The monoisotopic (exact) mass is 638 g/mol. The number of aromatic nitrogens is 3. The number of pyridine rings is 1. The standard InChI is InChI=1S/C22H22N8O11S2/c1-22(2,20(37)38)41-27-12(15-26-21(23)43-28-15)16(33)25-13-17(34)30-14(19(35)36)8(7-42-18(13)30)4-24-40-6-9-3-10(31)11(32)5-29(9)39/h3-5,13,18,32,39H,6-7H2,1-2H3,(H,25,33)(H,35,36)(H,37,38)(H2,23,26,28)/b24-4?,27-12-/t13-,18-/m1/s1. The minimum absolute atomic E-state index is 0.0232. The van der Waals surface area contributed by atoms with Crippen molar-refractivity contribution in [3.05, 3.63) is 45.3 Å². The van der Waals surface area contributed by atoms with Gasteiger partial charge in [-0.3, -0.25) is 19.3 Å². The van der Waals surface area contributed by atoms with Gasteiger partial charge in [0, 0.05) is 28.9 Å². The molecule has 21 heteroatoms. The van der Waals surface area contributed by atoms with Crippen molar-refractivity contribution < 1.29 is 49.4 Å². The lowest BCUT2D eigenvalue weighted by Crippen LogP contribution is -2.71. The summed E-state index contributed by atoms with van der Waals surface area (Å²) in [5.74, 6) is -5.55. The van der Waals surface area contributed by atoms with Crippen molar-refractivity contribution in [2.45, 2.75) is 37.5 Å². The Morgan fingerprint density at radius 1 is 1.30 bits per heavy atom. The van der Waals surface area contributed by atoms with Gasteiger partial charge in [-0.25, -0.2) is 9.59 Å². The number of amides is 2. The molecule has 0 bridgehead atoms. The van der Waals surface area contributed by atoms with E-state index in [1.807, 2.05) is 0 Å². The molecule has 4 rings (SSSR count). The molecule has 1 fully saturated rings. The van der Waals surface area contributed by atoms with Gasteiger partial charge < -0.3 is 41.3 Å². The van der Waals surface area contributed by atoms with Gasteiger partial charge in [0.05, 0.1) is 12.4 Å². The highest BCUT2D eigenvalue weighted by Gasteiger charge is 2.54. The molecular weight excluding hydrogens is 616 g/mol. The number of aromatic hydroxyl groups is 1. The number of nitrogens with zero attached hydrogens (tertiary/aromatic N) is 6. The Morgan fingerprint density at radius 3 is 2.65 bits per heavy atom. The minimum Gasteiger partial charge on any atom is -0.503 e. The first-order chi connectivity index (χ1) is 20.2. The lowest BCUT2D eigenvalue weighted by Gasteiger charge is -2.49. The van der Waals surface area contributed by atoms with E-state index >= 15 is 0 Å². The van der Waals surface area contributed by atoms with E-state index in [2.05, 4.69) is 25.0 Å². The van der Waals surface area contributed by atoms with Gasteiger partial charge in [-0.15, -0.1) is 11.8 Å². The molecule has 0 radical (unpaired) electrons. The Hall–Kier alpha value is -5.18. The summed E-state index contributed by atoms with van der Waals surface area (Å²) in [6, 6.07) is -0.290. The number of hydrogen-bond donors (Lipinski definition) is 6. The van der Waals surface area contributed by atoms with Crippen molar-refractivity contribution in [3.8, 4) is 5.75 Å². The van der Waals surface area contributed by atoms with E-state index in [0.717, 1.165) is 46.7 Å². The van der Waals surface area contributed by atoms with E-state index in [-0.39, 0.29) is 28.0 Å². The molecule has 2 aromatic heterocycles. The summed E-state index contributed by atoms with van der Waals surface area (Å²) in [5, 5.41) is 47.0. The van der Waals surface area contributed by atoms with Crippen LogP contribution in [-0.2, 0) is 35.5 Å². The Kier molecular flexibility index (Phi) is 8.57. The molecule has 1 saturated heterocycles. The fraction of sp³-hybridized carbons (Fsp3) is 0.318. The zero-order valence-electron chi connectivity index (χ0n) is 22.0. The Morgan fingerprint density at radius 2 is 2.02 bits per heavy atom. The molecule has 0 aromatic carbocycles.